The van der Waals surface area contributed by atoms with Gasteiger partial charge < -0.3 is 9.52 Å². The average molecular weight is 162 g/mol. The lowest BCUT2D eigenvalue weighted by atomic mass is 10.1. The van der Waals surface area contributed by atoms with Crippen LogP contribution in [-0.2, 0) is 6.42 Å². The molecule has 1 aliphatic carbocycles. The van der Waals surface area contributed by atoms with Gasteiger partial charge in [-0.15, -0.1) is 0 Å². The Morgan fingerprint density at radius 2 is 2.08 bits per heavy atom. The topological polar surface area (TPSA) is 33.4 Å². The Kier molecular flexibility index (Phi) is 1.84. The lowest BCUT2D eigenvalue weighted by Crippen LogP contribution is -1.90. The first-order valence-electron chi connectivity index (χ1n) is 3.97. The van der Waals surface area contributed by atoms with Gasteiger partial charge in [-0.3, -0.25) is 0 Å². The zero-order valence-corrected chi connectivity index (χ0v) is 6.66. The van der Waals surface area contributed by atoms with Gasteiger partial charge in [0.1, 0.15) is 5.76 Å². The first-order valence-corrected chi connectivity index (χ1v) is 3.97. The summed E-state index contributed by atoms with van der Waals surface area (Å²) < 4.78 is 5.28. The summed E-state index contributed by atoms with van der Waals surface area (Å²) in [5.74, 6) is 0.830. The van der Waals surface area contributed by atoms with E-state index in [4.69, 9.17) is 9.52 Å². The van der Waals surface area contributed by atoms with Crippen molar-refractivity contribution in [1.82, 2.24) is 0 Å². The van der Waals surface area contributed by atoms with Gasteiger partial charge in [-0.2, -0.15) is 0 Å². The molecule has 12 heavy (non-hydrogen) atoms. The van der Waals surface area contributed by atoms with Crippen molar-refractivity contribution in [2.45, 2.75) is 6.42 Å². The lowest BCUT2D eigenvalue weighted by molar-refractivity contribution is 0.286. The number of aliphatic hydroxyl groups is 1. The fourth-order valence-electron chi connectivity index (χ4n) is 1.27. The number of hydrogen-bond donors (Lipinski definition) is 1. The van der Waals surface area contributed by atoms with E-state index in [0.29, 0.717) is 6.42 Å². The maximum atomic E-state index is 8.68. The van der Waals surface area contributed by atoms with Crippen LogP contribution in [0.15, 0.2) is 34.9 Å². The lowest BCUT2D eigenvalue weighted by Gasteiger charge is -2.01. The van der Waals surface area contributed by atoms with Gasteiger partial charge in [0.25, 0.3) is 0 Å². The van der Waals surface area contributed by atoms with E-state index in [0.717, 1.165) is 11.3 Å². The zero-order chi connectivity index (χ0) is 8.39. The minimum Gasteiger partial charge on any atom is -0.469 e. The Morgan fingerprint density at radius 1 is 1.25 bits per heavy atom. The van der Waals surface area contributed by atoms with Crippen LogP contribution in [0.25, 0.3) is 11.1 Å². The quantitative estimate of drug-likeness (QED) is 0.731. The highest BCUT2D eigenvalue weighted by atomic mass is 16.3. The summed E-state index contributed by atoms with van der Waals surface area (Å²) in [4.78, 5) is 0. The number of hydrogen-bond acceptors (Lipinski definition) is 2. The van der Waals surface area contributed by atoms with Gasteiger partial charge in [0.05, 0.1) is 12.9 Å². The molecular weight excluding hydrogens is 152 g/mol. The summed E-state index contributed by atoms with van der Waals surface area (Å²) >= 11 is 0. The van der Waals surface area contributed by atoms with E-state index in [-0.39, 0.29) is 6.61 Å². The van der Waals surface area contributed by atoms with E-state index in [1.54, 1.807) is 6.26 Å². The van der Waals surface area contributed by atoms with E-state index in [2.05, 4.69) is 0 Å². The van der Waals surface area contributed by atoms with E-state index in [1.165, 1.54) is 5.56 Å². The molecule has 0 aromatic heterocycles. The molecule has 0 saturated carbocycles. The minimum atomic E-state index is 0.135. The van der Waals surface area contributed by atoms with Crippen molar-refractivity contribution in [3.63, 3.8) is 0 Å². The summed E-state index contributed by atoms with van der Waals surface area (Å²) in [7, 11) is 0. The van der Waals surface area contributed by atoms with Gasteiger partial charge in [-0.1, -0.05) is 18.2 Å². The summed E-state index contributed by atoms with van der Waals surface area (Å²) in [5.41, 5.74) is 2.28. The summed E-state index contributed by atoms with van der Waals surface area (Å²) in [6.45, 7) is 0.135. The fraction of sp³-hybridized carbons (Fsp3) is 0.200. The Morgan fingerprint density at radius 3 is 2.92 bits per heavy atom. The molecule has 2 aliphatic rings. The normalized spacial score (nSPS) is 10.8. The number of rotatable bonds is 2. The van der Waals surface area contributed by atoms with E-state index < -0.39 is 0 Å². The van der Waals surface area contributed by atoms with E-state index in [9.17, 15) is 0 Å². The molecule has 0 aromatic carbocycles. The van der Waals surface area contributed by atoms with Gasteiger partial charge in [-0.25, -0.2) is 0 Å². The fourth-order valence-corrected chi connectivity index (χ4v) is 1.27. The molecule has 2 nitrogen and oxygen atoms in total. The third kappa shape index (κ3) is 1.21. The number of fused-ring (bicyclic) bond motifs is 1. The molecule has 0 fully saturated rings. The maximum Gasteiger partial charge on any atom is 0.106 e. The zero-order valence-electron chi connectivity index (χ0n) is 6.66. The van der Waals surface area contributed by atoms with Crippen LogP contribution in [0, 0.1) is 0 Å². The Bertz CT molecular complexity index is 338. The molecule has 2 heteroatoms. The molecule has 1 aliphatic heterocycles. The summed E-state index contributed by atoms with van der Waals surface area (Å²) in [6.07, 6.45) is 2.31. The third-order valence-electron chi connectivity index (χ3n) is 1.90. The molecular formula is C10H10O2. The van der Waals surface area contributed by atoms with Crippen LogP contribution in [-0.4, -0.2) is 11.7 Å². The highest BCUT2D eigenvalue weighted by Crippen LogP contribution is 2.23. The van der Waals surface area contributed by atoms with Crippen molar-refractivity contribution in [2.24, 2.45) is 0 Å². The van der Waals surface area contributed by atoms with Crippen molar-refractivity contribution in [3.8, 4) is 11.1 Å². The molecule has 0 spiro atoms. The first-order chi connectivity index (χ1) is 5.90. The summed E-state index contributed by atoms with van der Waals surface area (Å²) in [6, 6.07) is 7.99. The van der Waals surface area contributed by atoms with Gasteiger partial charge in [0, 0.05) is 12.0 Å². The molecule has 2 rings (SSSR count). The summed E-state index contributed by atoms with van der Waals surface area (Å²) in [5, 5.41) is 8.68. The molecule has 1 heterocycles. The van der Waals surface area contributed by atoms with Crippen molar-refractivity contribution in [1.29, 1.82) is 0 Å². The van der Waals surface area contributed by atoms with Crippen LogP contribution in [0.3, 0.4) is 0 Å². The van der Waals surface area contributed by atoms with Crippen LogP contribution < -0.4 is 0 Å². The smallest absolute Gasteiger partial charge is 0.106 e. The average Bonchev–Trinajstić information content (AvgIpc) is 2.51. The van der Waals surface area contributed by atoms with E-state index in [1.807, 2.05) is 24.3 Å². The Labute approximate surface area is 70.8 Å². The maximum absolute atomic E-state index is 8.68. The molecule has 0 aromatic rings. The second kappa shape index (κ2) is 2.99. The Hall–Kier alpha value is -1.28. The second-order valence-corrected chi connectivity index (χ2v) is 2.76. The molecule has 0 radical (unpaired) electrons. The van der Waals surface area contributed by atoms with E-state index >= 15 is 0 Å². The molecule has 0 amide bonds. The molecule has 62 valence electrons. The SMILES string of the molecule is OCCc1cc2cccc-2co1. The van der Waals surface area contributed by atoms with Gasteiger partial charge in [0.15, 0.2) is 0 Å². The standard InChI is InChI=1S/C10H10O2/c11-5-4-10-6-8-2-1-3-9(8)7-12-10/h1-3,6-7,11H,4-5H2. The largest absolute Gasteiger partial charge is 0.469 e. The first kappa shape index (κ1) is 7.37. The van der Waals surface area contributed by atoms with Gasteiger partial charge >= 0.3 is 0 Å². The van der Waals surface area contributed by atoms with Crippen LogP contribution in [0.4, 0.5) is 0 Å². The second-order valence-electron chi connectivity index (χ2n) is 2.76. The molecule has 0 saturated heterocycles. The highest BCUT2D eigenvalue weighted by molar-refractivity contribution is 5.64. The van der Waals surface area contributed by atoms with Gasteiger partial charge in [-0.05, 0) is 11.6 Å². The monoisotopic (exact) mass is 162 g/mol. The van der Waals surface area contributed by atoms with Crippen LogP contribution in [0.2, 0.25) is 0 Å². The van der Waals surface area contributed by atoms with Crippen molar-refractivity contribution >= 4 is 0 Å². The minimum absolute atomic E-state index is 0.135. The predicted molar refractivity (Wildman–Crippen MR) is 46.1 cm³/mol. The van der Waals surface area contributed by atoms with Crippen LogP contribution in [0.1, 0.15) is 5.76 Å². The highest BCUT2D eigenvalue weighted by Gasteiger charge is 2.03. The molecule has 1 N–H and O–H groups in total. The number of aliphatic hydroxyl groups excluding tert-OH is 1. The molecule has 0 atom stereocenters. The van der Waals surface area contributed by atoms with Crippen LogP contribution in [0.5, 0.6) is 0 Å². The third-order valence-corrected chi connectivity index (χ3v) is 1.90. The molecule has 0 unspecified atom stereocenters. The Balaban J connectivity index is 2.40. The molecule has 0 bridgehead atoms. The van der Waals surface area contributed by atoms with Crippen molar-refractivity contribution in [2.75, 3.05) is 6.61 Å². The van der Waals surface area contributed by atoms with Crippen LogP contribution >= 0.6 is 0 Å². The van der Waals surface area contributed by atoms with Crippen molar-refractivity contribution < 1.29 is 9.52 Å². The predicted octanol–water partition coefficient (Wildman–Crippen LogP) is 1.92. The van der Waals surface area contributed by atoms with Crippen molar-refractivity contribution in [3.05, 3.63) is 36.3 Å². The van der Waals surface area contributed by atoms with Gasteiger partial charge in [0.2, 0.25) is 0 Å².